The molecule has 1 aromatic carbocycles. The monoisotopic (exact) mass is 559 g/mol. The highest BCUT2D eigenvalue weighted by Gasteiger charge is 2.11. The third kappa shape index (κ3) is 7.26. The molecule has 0 bridgehead atoms. The first-order chi connectivity index (χ1) is 15.7. The Kier molecular flexibility index (Phi) is 9.68. The fourth-order valence-corrected chi connectivity index (χ4v) is 3.93. The van der Waals surface area contributed by atoms with Crippen LogP contribution in [0.4, 0.5) is 0 Å². The van der Waals surface area contributed by atoms with Crippen molar-refractivity contribution in [2.75, 3.05) is 19.6 Å². The van der Waals surface area contributed by atoms with Crippen LogP contribution in [0.2, 0.25) is 0 Å². The number of aromatic nitrogens is 3. The average Bonchev–Trinajstić information content (AvgIpc) is 3.49. The Hall–Kier alpha value is -2.46. The Bertz CT molecular complexity index is 1010. The normalized spacial score (nSPS) is 14.2. The Balaban J connectivity index is 0.00000306. The van der Waals surface area contributed by atoms with Gasteiger partial charge in [0.1, 0.15) is 11.6 Å². The molecule has 1 aliphatic rings. The van der Waals surface area contributed by atoms with Gasteiger partial charge in [-0.2, -0.15) is 0 Å². The van der Waals surface area contributed by atoms with Crippen molar-refractivity contribution in [2.24, 2.45) is 4.99 Å². The molecule has 33 heavy (non-hydrogen) atoms. The average molecular weight is 560 g/mol. The summed E-state index contributed by atoms with van der Waals surface area (Å²) in [6, 6.07) is 13.0. The second-order valence-electron chi connectivity index (χ2n) is 8.22. The first-order valence-electron chi connectivity index (χ1n) is 11.5. The molecular weight excluding hydrogens is 525 g/mol. The van der Waals surface area contributed by atoms with E-state index in [4.69, 9.17) is 4.99 Å². The lowest BCUT2D eigenvalue weighted by Crippen LogP contribution is -2.36. The molecule has 0 aliphatic carbocycles. The number of pyridine rings is 1. The zero-order chi connectivity index (χ0) is 22.2. The van der Waals surface area contributed by atoms with Gasteiger partial charge in [0.2, 0.25) is 0 Å². The summed E-state index contributed by atoms with van der Waals surface area (Å²) in [5.41, 5.74) is 3.70. The summed E-state index contributed by atoms with van der Waals surface area (Å²) in [5.74, 6) is 2.60. The molecule has 4 rings (SSSR count). The predicted molar refractivity (Wildman–Crippen MR) is 144 cm³/mol. The van der Waals surface area contributed by atoms with E-state index in [1.807, 2.05) is 30.0 Å². The molecule has 0 spiro atoms. The Morgan fingerprint density at radius 2 is 1.70 bits per heavy atom. The number of nitrogens with one attached hydrogen (secondary N) is 2. The second kappa shape index (κ2) is 12.7. The van der Waals surface area contributed by atoms with Gasteiger partial charge in [0.25, 0.3) is 0 Å². The summed E-state index contributed by atoms with van der Waals surface area (Å²) < 4.78 is 1.97. The fraction of sp³-hybridized carbons (Fsp3) is 0.400. The van der Waals surface area contributed by atoms with Crippen LogP contribution in [-0.4, -0.2) is 45.0 Å². The van der Waals surface area contributed by atoms with E-state index in [-0.39, 0.29) is 24.0 Å². The van der Waals surface area contributed by atoms with Crippen LogP contribution in [0.1, 0.15) is 42.3 Å². The number of likely N-dealkylation sites (tertiary alicyclic amines) is 1. The molecule has 3 aromatic rings. The molecule has 0 unspecified atom stereocenters. The maximum Gasteiger partial charge on any atom is 0.191 e. The van der Waals surface area contributed by atoms with E-state index in [9.17, 15) is 0 Å². The van der Waals surface area contributed by atoms with Gasteiger partial charge in [-0.25, -0.2) is 15.0 Å². The van der Waals surface area contributed by atoms with Crippen molar-refractivity contribution in [3.63, 3.8) is 0 Å². The van der Waals surface area contributed by atoms with Crippen LogP contribution in [0.25, 0.3) is 5.82 Å². The lowest BCUT2D eigenvalue weighted by atomic mass is 10.1. The van der Waals surface area contributed by atoms with Crippen LogP contribution in [0.5, 0.6) is 0 Å². The summed E-state index contributed by atoms with van der Waals surface area (Å²) >= 11 is 0. The van der Waals surface area contributed by atoms with Crippen molar-refractivity contribution in [3.8, 4) is 5.82 Å². The highest BCUT2D eigenvalue weighted by atomic mass is 127. The maximum absolute atomic E-state index is 4.72. The lowest BCUT2D eigenvalue weighted by Gasteiger charge is -2.15. The second-order valence-corrected chi connectivity index (χ2v) is 8.22. The van der Waals surface area contributed by atoms with Gasteiger partial charge < -0.3 is 10.6 Å². The van der Waals surface area contributed by atoms with E-state index >= 15 is 0 Å². The smallest absolute Gasteiger partial charge is 0.191 e. The molecule has 0 saturated carbocycles. The van der Waals surface area contributed by atoms with Gasteiger partial charge in [-0.1, -0.05) is 30.3 Å². The third-order valence-electron chi connectivity index (χ3n) is 5.73. The van der Waals surface area contributed by atoms with Crippen LogP contribution in [0.15, 0.2) is 60.0 Å². The zero-order valence-electron chi connectivity index (χ0n) is 19.5. The number of nitrogens with zero attached hydrogens (tertiary/aromatic N) is 5. The number of benzene rings is 1. The minimum Gasteiger partial charge on any atom is -0.357 e. The number of aryl methyl sites for hydroxylation is 1. The Labute approximate surface area is 213 Å². The van der Waals surface area contributed by atoms with Crippen molar-refractivity contribution in [3.05, 3.63) is 77.5 Å². The van der Waals surface area contributed by atoms with E-state index in [2.05, 4.69) is 62.8 Å². The summed E-state index contributed by atoms with van der Waals surface area (Å²) in [6.07, 6.45) is 8.24. The number of hydrogen-bond acceptors (Lipinski definition) is 4. The van der Waals surface area contributed by atoms with E-state index in [1.54, 1.807) is 6.20 Å². The standard InChI is InChI=1S/C25H33N7.HI/c1-3-26-25(29-16-21-6-8-22(9-7-21)19-31-13-4-5-14-31)30-18-23-10-11-24(28-17-23)32-15-12-27-20(32)2;/h6-12,15,17H,3-5,13-14,16,18-19H2,1-2H3,(H2,26,29,30);1H. The van der Waals surface area contributed by atoms with Crippen molar-refractivity contribution in [1.29, 1.82) is 0 Å². The van der Waals surface area contributed by atoms with Crippen LogP contribution in [-0.2, 0) is 19.6 Å². The van der Waals surface area contributed by atoms with Crippen LogP contribution >= 0.6 is 24.0 Å². The molecule has 8 heteroatoms. The molecule has 176 valence electrons. The lowest BCUT2D eigenvalue weighted by molar-refractivity contribution is 0.331. The van der Waals surface area contributed by atoms with Gasteiger partial charge in [0, 0.05) is 38.2 Å². The summed E-state index contributed by atoms with van der Waals surface area (Å²) in [5, 5.41) is 6.76. The maximum atomic E-state index is 4.72. The summed E-state index contributed by atoms with van der Waals surface area (Å²) in [6.45, 7) is 9.69. The molecule has 7 nitrogen and oxygen atoms in total. The van der Waals surface area contributed by atoms with Crippen LogP contribution < -0.4 is 10.6 Å². The number of imidazole rings is 1. The molecule has 3 heterocycles. The topological polar surface area (TPSA) is 70.4 Å². The first-order valence-corrected chi connectivity index (χ1v) is 11.5. The number of aliphatic imine (C=N–C) groups is 1. The number of hydrogen-bond donors (Lipinski definition) is 2. The largest absolute Gasteiger partial charge is 0.357 e. The highest BCUT2D eigenvalue weighted by molar-refractivity contribution is 14.0. The van der Waals surface area contributed by atoms with Crippen molar-refractivity contribution < 1.29 is 0 Å². The molecular formula is C25H34IN7. The number of guanidine groups is 1. The minimum absolute atomic E-state index is 0. The van der Waals surface area contributed by atoms with Crippen molar-refractivity contribution >= 4 is 29.9 Å². The first kappa shape index (κ1) is 25.2. The zero-order valence-corrected chi connectivity index (χ0v) is 21.8. The Morgan fingerprint density at radius 3 is 2.33 bits per heavy atom. The minimum atomic E-state index is 0. The van der Waals surface area contributed by atoms with Gasteiger partial charge >= 0.3 is 0 Å². The van der Waals surface area contributed by atoms with Gasteiger partial charge in [-0.3, -0.25) is 9.47 Å². The van der Waals surface area contributed by atoms with E-state index in [0.717, 1.165) is 42.8 Å². The molecule has 0 amide bonds. The predicted octanol–water partition coefficient (Wildman–Crippen LogP) is 4.04. The van der Waals surface area contributed by atoms with Crippen molar-refractivity contribution in [2.45, 2.75) is 46.3 Å². The summed E-state index contributed by atoms with van der Waals surface area (Å²) in [4.78, 5) is 16.1. The quantitative estimate of drug-likeness (QED) is 0.248. The van der Waals surface area contributed by atoms with Gasteiger partial charge in [0.05, 0.1) is 6.54 Å². The SMILES string of the molecule is CCNC(=NCc1ccc(-n2ccnc2C)nc1)NCc1ccc(CN2CCCC2)cc1.I. The molecule has 2 aromatic heterocycles. The van der Waals surface area contributed by atoms with Crippen molar-refractivity contribution in [1.82, 2.24) is 30.1 Å². The highest BCUT2D eigenvalue weighted by Crippen LogP contribution is 2.13. The fourth-order valence-electron chi connectivity index (χ4n) is 3.93. The van der Waals surface area contributed by atoms with Crippen LogP contribution in [0.3, 0.4) is 0 Å². The van der Waals surface area contributed by atoms with E-state index in [0.29, 0.717) is 6.54 Å². The molecule has 0 radical (unpaired) electrons. The molecule has 1 fully saturated rings. The Morgan fingerprint density at radius 1 is 0.970 bits per heavy atom. The van der Waals surface area contributed by atoms with E-state index in [1.165, 1.54) is 37.1 Å². The number of halogens is 1. The van der Waals surface area contributed by atoms with Gasteiger partial charge in [-0.05, 0) is 62.5 Å². The van der Waals surface area contributed by atoms with Gasteiger partial charge in [-0.15, -0.1) is 24.0 Å². The molecule has 1 saturated heterocycles. The van der Waals surface area contributed by atoms with Crippen LogP contribution in [0, 0.1) is 6.92 Å². The molecule has 1 aliphatic heterocycles. The summed E-state index contributed by atoms with van der Waals surface area (Å²) in [7, 11) is 0. The third-order valence-corrected chi connectivity index (χ3v) is 5.73. The van der Waals surface area contributed by atoms with E-state index < -0.39 is 0 Å². The molecule has 0 atom stereocenters. The van der Waals surface area contributed by atoms with Gasteiger partial charge in [0.15, 0.2) is 5.96 Å². The number of rotatable bonds is 8. The molecule has 2 N–H and O–H groups in total.